The van der Waals surface area contributed by atoms with Crippen LogP contribution in [0.3, 0.4) is 0 Å². The predicted molar refractivity (Wildman–Crippen MR) is 73.3 cm³/mol. The Bertz CT molecular complexity index is 454. The lowest BCUT2D eigenvalue weighted by atomic mass is 10.3. The standard InChI is InChI=1S/C12H19ClN4O/c1-16-12(18)11(13)10(9-15-16)14-5-4-8-17-6-2-3-7-17/h9,14H,2-8H2,1H3. The van der Waals surface area contributed by atoms with Gasteiger partial charge in [0, 0.05) is 13.6 Å². The lowest BCUT2D eigenvalue weighted by Crippen LogP contribution is -2.24. The summed E-state index contributed by atoms with van der Waals surface area (Å²) in [4.78, 5) is 14.0. The molecule has 0 bridgehead atoms. The van der Waals surface area contributed by atoms with Crippen molar-refractivity contribution in [1.29, 1.82) is 0 Å². The molecule has 1 fully saturated rings. The Morgan fingerprint density at radius 2 is 2.17 bits per heavy atom. The van der Waals surface area contributed by atoms with Gasteiger partial charge >= 0.3 is 0 Å². The molecule has 100 valence electrons. The number of anilines is 1. The van der Waals surface area contributed by atoms with Gasteiger partial charge < -0.3 is 10.2 Å². The van der Waals surface area contributed by atoms with Crippen LogP contribution in [0.15, 0.2) is 11.0 Å². The summed E-state index contributed by atoms with van der Waals surface area (Å²) in [5.41, 5.74) is 0.363. The summed E-state index contributed by atoms with van der Waals surface area (Å²) < 4.78 is 1.23. The highest BCUT2D eigenvalue weighted by Gasteiger charge is 2.10. The SMILES string of the molecule is Cn1ncc(NCCCN2CCCC2)c(Cl)c1=O. The van der Waals surface area contributed by atoms with Crippen molar-refractivity contribution >= 4 is 17.3 Å². The minimum absolute atomic E-state index is 0.216. The van der Waals surface area contributed by atoms with Crippen LogP contribution in [0.4, 0.5) is 5.69 Å². The molecule has 0 radical (unpaired) electrons. The molecular weight excluding hydrogens is 252 g/mol. The third-order valence-corrected chi connectivity index (χ3v) is 3.61. The van der Waals surface area contributed by atoms with Gasteiger partial charge in [-0.05, 0) is 38.9 Å². The van der Waals surface area contributed by atoms with Gasteiger partial charge in [0.2, 0.25) is 0 Å². The van der Waals surface area contributed by atoms with Gasteiger partial charge in [0.15, 0.2) is 0 Å². The number of likely N-dealkylation sites (tertiary alicyclic amines) is 1. The van der Waals surface area contributed by atoms with Crippen LogP contribution in [0.1, 0.15) is 19.3 Å². The van der Waals surface area contributed by atoms with Crippen LogP contribution in [-0.2, 0) is 7.05 Å². The molecule has 0 aliphatic carbocycles. The van der Waals surface area contributed by atoms with E-state index in [2.05, 4.69) is 15.3 Å². The maximum absolute atomic E-state index is 11.6. The highest BCUT2D eigenvalue weighted by molar-refractivity contribution is 6.32. The van der Waals surface area contributed by atoms with Crippen molar-refractivity contribution in [3.63, 3.8) is 0 Å². The molecule has 0 atom stereocenters. The van der Waals surface area contributed by atoms with Crippen LogP contribution in [0, 0.1) is 0 Å². The molecule has 0 spiro atoms. The Balaban J connectivity index is 1.79. The van der Waals surface area contributed by atoms with Gasteiger partial charge in [0.05, 0.1) is 11.9 Å². The zero-order valence-corrected chi connectivity index (χ0v) is 11.4. The Hall–Kier alpha value is -1.07. The zero-order chi connectivity index (χ0) is 13.0. The topological polar surface area (TPSA) is 50.2 Å². The molecule has 1 saturated heterocycles. The normalized spacial score (nSPS) is 16.1. The van der Waals surface area contributed by atoms with Crippen LogP contribution in [-0.4, -0.2) is 40.9 Å². The maximum Gasteiger partial charge on any atom is 0.287 e. The third-order valence-electron chi connectivity index (χ3n) is 3.24. The molecule has 18 heavy (non-hydrogen) atoms. The molecule has 1 aromatic heterocycles. The first kappa shape index (κ1) is 13.4. The van der Waals surface area contributed by atoms with Crippen molar-refractivity contribution < 1.29 is 0 Å². The van der Waals surface area contributed by atoms with E-state index < -0.39 is 0 Å². The summed E-state index contributed by atoms with van der Waals surface area (Å²) in [7, 11) is 1.59. The molecule has 1 aliphatic heterocycles. The van der Waals surface area contributed by atoms with Gasteiger partial charge in [-0.1, -0.05) is 11.6 Å². The zero-order valence-electron chi connectivity index (χ0n) is 10.7. The van der Waals surface area contributed by atoms with E-state index in [-0.39, 0.29) is 10.6 Å². The van der Waals surface area contributed by atoms with Gasteiger partial charge in [0.25, 0.3) is 5.56 Å². The average Bonchev–Trinajstić information content (AvgIpc) is 2.87. The second-order valence-electron chi connectivity index (χ2n) is 4.63. The van der Waals surface area contributed by atoms with Crippen LogP contribution in [0.2, 0.25) is 5.02 Å². The van der Waals surface area contributed by atoms with Gasteiger partial charge in [0.1, 0.15) is 5.02 Å². The first-order chi connectivity index (χ1) is 8.68. The number of hydrogen-bond donors (Lipinski definition) is 1. The molecule has 2 heterocycles. The number of nitrogens with one attached hydrogen (secondary N) is 1. The van der Waals surface area contributed by atoms with Gasteiger partial charge in [-0.2, -0.15) is 5.10 Å². The molecule has 6 heteroatoms. The molecule has 0 unspecified atom stereocenters. The van der Waals surface area contributed by atoms with E-state index in [4.69, 9.17) is 11.6 Å². The van der Waals surface area contributed by atoms with Crippen LogP contribution < -0.4 is 10.9 Å². The van der Waals surface area contributed by atoms with Gasteiger partial charge in [-0.15, -0.1) is 0 Å². The second kappa shape index (κ2) is 6.20. The van der Waals surface area contributed by atoms with Crippen LogP contribution in [0.25, 0.3) is 0 Å². The number of rotatable bonds is 5. The fourth-order valence-electron chi connectivity index (χ4n) is 2.17. The Morgan fingerprint density at radius 1 is 1.44 bits per heavy atom. The largest absolute Gasteiger partial charge is 0.382 e. The minimum atomic E-state index is -0.263. The molecule has 1 N–H and O–H groups in total. The Labute approximate surface area is 112 Å². The molecular formula is C12H19ClN4O. The van der Waals surface area contributed by atoms with Crippen molar-refractivity contribution in [1.82, 2.24) is 14.7 Å². The summed E-state index contributed by atoms with van der Waals surface area (Å²) in [6.07, 6.45) is 5.28. The summed E-state index contributed by atoms with van der Waals surface area (Å²) in [6, 6.07) is 0. The summed E-state index contributed by atoms with van der Waals surface area (Å²) in [5.74, 6) is 0. The maximum atomic E-state index is 11.6. The Morgan fingerprint density at radius 3 is 2.89 bits per heavy atom. The fraction of sp³-hybridized carbons (Fsp3) is 0.667. The first-order valence-corrected chi connectivity index (χ1v) is 6.74. The van der Waals surface area contributed by atoms with Crippen molar-refractivity contribution in [2.75, 3.05) is 31.5 Å². The van der Waals surface area contributed by atoms with E-state index in [0.717, 1.165) is 19.5 Å². The van der Waals surface area contributed by atoms with E-state index in [1.54, 1.807) is 13.2 Å². The number of hydrogen-bond acceptors (Lipinski definition) is 4. The lowest BCUT2D eigenvalue weighted by Gasteiger charge is -2.14. The van der Waals surface area contributed by atoms with E-state index in [1.807, 2.05) is 0 Å². The number of halogens is 1. The molecule has 2 rings (SSSR count). The van der Waals surface area contributed by atoms with Crippen LogP contribution in [0.5, 0.6) is 0 Å². The van der Waals surface area contributed by atoms with Crippen molar-refractivity contribution in [2.24, 2.45) is 7.05 Å². The van der Waals surface area contributed by atoms with Crippen molar-refractivity contribution in [3.8, 4) is 0 Å². The van der Waals surface area contributed by atoms with Gasteiger partial charge in [-0.3, -0.25) is 4.79 Å². The van der Waals surface area contributed by atoms with Gasteiger partial charge in [-0.25, -0.2) is 4.68 Å². The number of aromatic nitrogens is 2. The van der Waals surface area contributed by atoms with E-state index >= 15 is 0 Å². The summed E-state index contributed by atoms with van der Waals surface area (Å²) >= 11 is 5.96. The van der Waals surface area contributed by atoms with E-state index in [9.17, 15) is 4.79 Å². The summed E-state index contributed by atoms with van der Waals surface area (Å²) in [5, 5.41) is 7.33. The number of nitrogens with zero attached hydrogens (tertiary/aromatic N) is 3. The minimum Gasteiger partial charge on any atom is -0.382 e. The molecule has 0 aromatic carbocycles. The van der Waals surface area contributed by atoms with E-state index in [1.165, 1.54) is 30.6 Å². The third kappa shape index (κ3) is 3.23. The monoisotopic (exact) mass is 270 g/mol. The summed E-state index contributed by atoms with van der Waals surface area (Å²) in [6.45, 7) is 4.34. The smallest absolute Gasteiger partial charge is 0.287 e. The molecule has 1 aliphatic rings. The number of aryl methyl sites for hydroxylation is 1. The quantitative estimate of drug-likeness (QED) is 0.821. The second-order valence-corrected chi connectivity index (χ2v) is 5.01. The highest BCUT2D eigenvalue weighted by Crippen LogP contribution is 2.15. The van der Waals surface area contributed by atoms with Crippen molar-refractivity contribution in [3.05, 3.63) is 21.6 Å². The lowest BCUT2D eigenvalue weighted by molar-refractivity contribution is 0.337. The Kier molecular flexibility index (Phi) is 4.60. The van der Waals surface area contributed by atoms with E-state index in [0.29, 0.717) is 5.69 Å². The fourth-order valence-corrected chi connectivity index (χ4v) is 2.40. The van der Waals surface area contributed by atoms with Crippen molar-refractivity contribution in [2.45, 2.75) is 19.3 Å². The molecule has 0 saturated carbocycles. The van der Waals surface area contributed by atoms with Crippen LogP contribution >= 0.6 is 11.6 Å². The molecule has 1 aromatic rings. The first-order valence-electron chi connectivity index (χ1n) is 6.36. The predicted octanol–water partition coefficient (Wildman–Crippen LogP) is 1.33. The highest BCUT2D eigenvalue weighted by atomic mass is 35.5. The average molecular weight is 271 g/mol. The molecule has 5 nitrogen and oxygen atoms in total. The molecule has 0 amide bonds.